The highest BCUT2D eigenvalue weighted by molar-refractivity contribution is 5.75. The molecule has 0 saturated carbocycles. The van der Waals surface area contributed by atoms with E-state index < -0.39 is 0 Å². The van der Waals surface area contributed by atoms with Gasteiger partial charge in [-0.1, -0.05) is 0 Å². The van der Waals surface area contributed by atoms with E-state index in [0.29, 0.717) is 6.29 Å². The first kappa shape index (κ1) is 5.75. The first-order valence-electron chi connectivity index (χ1n) is 2.44. The molecule has 0 unspecified atom stereocenters. The van der Waals surface area contributed by atoms with Gasteiger partial charge in [0.1, 0.15) is 0 Å². The Morgan fingerprint density at radius 3 is 3.33 bits per heavy atom. The summed E-state index contributed by atoms with van der Waals surface area (Å²) >= 11 is 0. The Bertz CT molecular complexity index is 191. The number of ether oxygens (including phenoxy) is 1. The van der Waals surface area contributed by atoms with Crippen molar-refractivity contribution in [2.45, 2.75) is 0 Å². The lowest BCUT2D eigenvalue weighted by Crippen LogP contribution is -1.83. The average molecular weight is 123 g/mol. The molecule has 0 aromatic carbocycles. The highest BCUT2D eigenvalue weighted by atomic mass is 16.5. The zero-order chi connectivity index (χ0) is 6.53. The number of rotatable bonds is 1. The van der Waals surface area contributed by atoms with Crippen molar-refractivity contribution in [3.8, 4) is 0 Å². The Morgan fingerprint density at radius 1 is 1.67 bits per heavy atom. The standard InChI is InChI=1S/C6H5NO2/c8-5-6-4-7-2-1-3-9-6/h1-5H. The fourth-order valence-corrected chi connectivity index (χ4v) is 0.408. The van der Waals surface area contributed by atoms with Gasteiger partial charge in [-0.2, -0.15) is 0 Å². The van der Waals surface area contributed by atoms with E-state index in [4.69, 9.17) is 4.74 Å². The summed E-state index contributed by atoms with van der Waals surface area (Å²) in [7, 11) is 0. The van der Waals surface area contributed by atoms with E-state index >= 15 is 0 Å². The van der Waals surface area contributed by atoms with E-state index in [9.17, 15) is 4.79 Å². The summed E-state index contributed by atoms with van der Waals surface area (Å²) in [5.41, 5.74) is 0. The second-order valence-corrected chi connectivity index (χ2v) is 1.39. The Labute approximate surface area is 52.3 Å². The molecule has 3 nitrogen and oxygen atoms in total. The van der Waals surface area contributed by atoms with Crippen molar-refractivity contribution >= 4 is 12.5 Å². The van der Waals surface area contributed by atoms with Crippen LogP contribution in [0.15, 0.2) is 29.3 Å². The molecule has 0 radical (unpaired) electrons. The summed E-state index contributed by atoms with van der Waals surface area (Å²) in [5, 5.41) is 0. The lowest BCUT2D eigenvalue weighted by molar-refractivity contribution is -0.107. The number of nitrogens with zero attached hydrogens (tertiary/aromatic N) is 1. The smallest absolute Gasteiger partial charge is 0.186 e. The Hall–Kier alpha value is -1.38. The summed E-state index contributed by atoms with van der Waals surface area (Å²) in [6.07, 6.45) is 6.50. The van der Waals surface area contributed by atoms with E-state index in [1.165, 1.54) is 18.7 Å². The molecular formula is C6H5NO2. The molecule has 0 bridgehead atoms. The second kappa shape index (κ2) is 2.81. The Balaban J connectivity index is 2.73. The van der Waals surface area contributed by atoms with Crippen LogP contribution < -0.4 is 0 Å². The van der Waals surface area contributed by atoms with Crippen molar-refractivity contribution in [2.24, 2.45) is 4.99 Å². The molecule has 1 aliphatic rings. The minimum Gasteiger partial charge on any atom is -0.460 e. The molecule has 46 valence electrons. The molecule has 1 heterocycles. The fraction of sp³-hybridized carbons (Fsp3) is 0. The van der Waals surface area contributed by atoms with Crippen molar-refractivity contribution in [1.29, 1.82) is 0 Å². The van der Waals surface area contributed by atoms with Gasteiger partial charge in [-0.15, -0.1) is 0 Å². The van der Waals surface area contributed by atoms with Gasteiger partial charge in [0, 0.05) is 6.21 Å². The molecule has 0 spiro atoms. The molecule has 0 atom stereocenters. The highest BCUT2D eigenvalue weighted by Gasteiger charge is 1.91. The van der Waals surface area contributed by atoms with Crippen molar-refractivity contribution in [3.05, 3.63) is 24.3 Å². The first-order valence-corrected chi connectivity index (χ1v) is 2.44. The summed E-state index contributed by atoms with van der Waals surface area (Å²) in [4.78, 5) is 13.7. The third kappa shape index (κ3) is 1.53. The SMILES string of the molecule is O=CC1=CN=CC=CO1. The van der Waals surface area contributed by atoms with Crippen LogP contribution in [0.1, 0.15) is 0 Å². The van der Waals surface area contributed by atoms with Crippen LogP contribution in [0.4, 0.5) is 0 Å². The lowest BCUT2D eigenvalue weighted by Gasteiger charge is -1.90. The molecule has 0 aromatic heterocycles. The fourth-order valence-electron chi connectivity index (χ4n) is 0.408. The van der Waals surface area contributed by atoms with Crippen LogP contribution in [-0.2, 0) is 9.53 Å². The minimum atomic E-state index is 0.222. The average Bonchev–Trinajstić information content (AvgIpc) is 2.13. The number of carbonyl (C=O) groups excluding carboxylic acids is 1. The summed E-state index contributed by atoms with van der Waals surface area (Å²) in [6, 6.07) is 0. The van der Waals surface area contributed by atoms with E-state index in [0.717, 1.165) is 0 Å². The zero-order valence-electron chi connectivity index (χ0n) is 4.65. The molecule has 0 aliphatic carbocycles. The molecule has 1 rings (SSSR count). The van der Waals surface area contributed by atoms with Gasteiger partial charge in [0.15, 0.2) is 12.0 Å². The van der Waals surface area contributed by atoms with Crippen molar-refractivity contribution in [3.63, 3.8) is 0 Å². The maximum Gasteiger partial charge on any atom is 0.186 e. The molecule has 0 saturated heterocycles. The van der Waals surface area contributed by atoms with Gasteiger partial charge in [-0.05, 0) is 6.08 Å². The molecule has 9 heavy (non-hydrogen) atoms. The van der Waals surface area contributed by atoms with Crippen molar-refractivity contribution < 1.29 is 9.53 Å². The highest BCUT2D eigenvalue weighted by Crippen LogP contribution is 1.96. The van der Waals surface area contributed by atoms with Crippen LogP contribution in [0.5, 0.6) is 0 Å². The molecule has 0 fully saturated rings. The number of hydrogen-bond acceptors (Lipinski definition) is 3. The monoisotopic (exact) mass is 123 g/mol. The Kier molecular flexibility index (Phi) is 1.80. The van der Waals surface area contributed by atoms with Crippen LogP contribution in [0.3, 0.4) is 0 Å². The van der Waals surface area contributed by atoms with E-state index in [1.807, 2.05) is 0 Å². The van der Waals surface area contributed by atoms with Gasteiger partial charge in [-0.25, -0.2) is 0 Å². The van der Waals surface area contributed by atoms with Crippen LogP contribution >= 0.6 is 0 Å². The van der Waals surface area contributed by atoms with Crippen LogP contribution in [0.25, 0.3) is 0 Å². The Morgan fingerprint density at radius 2 is 2.56 bits per heavy atom. The van der Waals surface area contributed by atoms with Crippen LogP contribution in [0.2, 0.25) is 0 Å². The largest absolute Gasteiger partial charge is 0.460 e. The van der Waals surface area contributed by atoms with E-state index in [1.54, 1.807) is 6.08 Å². The van der Waals surface area contributed by atoms with Crippen LogP contribution in [-0.4, -0.2) is 12.5 Å². The third-order valence-corrected chi connectivity index (χ3v) is 0.773. The van der Waals surface area contributed by atoms with Gasteiger partial charge in [0.05, 0.1) is 12.5 Å². The lowest BCUT2D eigenvalue weighted by atomic mass is 10.6. The number of carbonyl (C=O) groups is 1. The first-order chi connectivity index (χ1) is 4.43. The number of allylic oxidation sites excluding steroid dienone is 2. The summed E-state index contributed by atoms with van der Waals surface area (Å²) < 4.78 is 4.74. The maximum atomic E-state index is 10.0. The predicted molar refractivity (Wildman–Crippen MR) is 32.9 cm³/mol. The predicted octanol–water partition coefficient (Wildman–Crippen LogP) is 0.641. The summed E-state index contributed by atoms with van der Waals surface area (Å²) in [5.74, 6) is 0.222. The molecule has 0 aromatic rings. The molecule has 0 amide bonds. The number of aliphatic imine (C=N–C) groups is 1. The maximum absolute atomic E-state index is 10.0. The minimum absolute atomic E-state index is 0.222. The van der Waals surface area contributed by atoms with Crippen LogP contribution in [0, 0.1) is 0 Å². The zero-order valence-corrected chi connectivity index (χ0v) is 4.65. The van der Waals surface area contributed by atoms with Gasteiger partial charge in [0.25, 0.3) is 0 Å². The van der Waals surface area contributed by atoms with E-state index in [-0.39, 0.29) is 5.76 Å². The van der Waals surface area contributed by atoms with Crippen molar-refractivity contribution in [1.82, 2.24) is 0 Å². The topological polar surface area (TPSA) is 38.7 Å². The van der Waals surface area contributed by atoms with Gasteiger partial charge in [-0.3, -0.25) is 9.79 Å². The number of aldehydes is 1. The molecule has 1 aliphatic heterocycles. The van der Waals surface area contributed by atoms with Gasteiger partial charge in [0.2, 0.25) is 0 Å². The third-order valence-electron chi connectivity index (χ3n) is 0.773. The number of hydrogen-bond donors (Lipinski definition) is 0. The quantitative estimate of drug-likeness (QED) is 0.480. The summed E-state index contributed by atoms with van der Waals surface area (Å²) in [6.45, 7) is 0. The second-order valence-electron chi connectivity index (χ2n) is 1.39. The van der Waals surface area contributed by atoms with Gasteiger partial charge >= 0.3 is 0 Å². The van der Waals surface area contributed by atoms with Gasteiger partial charge < -0.3 is 4.74 Å². The molecule has 3 heteroatoms. The molecule has 0 N–H and O–H groups in total. The molecular weight excluding hydrogens is 118 g/mol. The normalized spacial score (nSPS) is 15.8. The van der Waals surface area contributed by atoms with Crippen molar-refractivity contribution in [2.75, 3.05) is 0 Å². The van der Waals surface area contributed by atoms with E-state index in [2.05, 4.69) is 4.99 Å².